The van der Waals surface area contributed by atoms with Crippen LogP contribution in [0.25, 0.3) is 0 Å². The van der Waals surface area contributed by atoms with Crippen molar-refractivity contribution in [1.82, 2.24) is 5.32 Å². The number of aryl methyl sites for hydroxylation is 1. The largest absolute Gasteiger partial charge is 0.491 e. The lowest BCUT2D eigenvalue weighted by molar-refractivity contribution is -0.119. The van der Waals surface area contributed by atoms with E-state index in [1.54, 1.807) is 24.3 Å². The molecule has 1 amide bonds. The lowest BCUT2D eigenvalue weighted by Gasteiger charge is -2.22. The van der Waals surface area contributed by atoms with E-state index in [2.05, 4.69) is 5.32 Å². The van der Waals surface area contributed by atoms with Gasteiger partial charge in [-0.15, -0.1) is 0 Å². The number of amides is 1. The van der Waals surface area contributed by atoms with Crippen LogP contribution < -0.4 is 19.1 Å². The third-order valence-electron chi connectivity index (χ3n) is 4.57. The molecule has 0 saturated carbocycles. The quantitative estimate of drug-likeness (QED) is 0.472. The summed E-state index contributed by atoms with van der Waals surface area (Å²) in [5.74, 6) is 1.56. The van der Waals surface area contributed by atoms with Gasteiger partial charge in [0, 0.05) is 0 Å². The molecule has 0 atom stereocenters. The average molecular weight is 455 g/mol. The fraction of sp³-hybridized carbons (Fsp3) is 0.208. The van der Waals surface area contributed by atoms with Crippen LogP contribution in [0.4, 0.5) is 5.69 Å². The van der Waals surface area contributed by atoms with E-state index in [9.17, 15) is 13.2 Å². The standard InChI is InChI=1S/C24H26N2O5S/c1-19-8-6-7-11-23(19)30-17-16-25-24(27)18-26(32(2,28)29)20-12-14-22(15-13-20)31-21-9-4-3-5-10-21/h3-15H,16-18H2,1-2H3,(H,25,27). The molecule has 3 rings (SSSR count). The highest BCUT2D eigenvalue weighted by atomic mass is 32.2. The number of carbonyl (C=O) groups is 1. The number of benzene rings is 3. The molecule has 0 radical (unpaired) electrons. The maximum atomic E-state index is 12.4. The second kappa shape index (κ2) is 10.7. The SMILES string of the molecule is Cc1ccccc1OCCNC(=O)CN(c1ccc(Oc2ccccc2)cc1)S(C)(=O)=O. The Morgan fingerprint density at radius 3 is 2.19 bits per heavy atom. The predicted octanol–water partition coefficient (Wildman–Crippen LogP) is 3.75. The molecule has 0 fully saturated rings. The fourth-order valence-electron chi connectivity index (χ4n) is 2.96. The number of nitrogens with one attached hydrogen (secondary N) is 1. The van der Waals surface area contributed by atoms with Crippen LogP contribution in [0, 0.1) is 6.92 Å². The lowest BCUT2D eigenvalue weighted by atomic mass is 10.2. The van der Waals surface area contributed by atoms with E-state index >= 15 is 0 Å². The number of hydrogen-bond donors (Lipinski definition) is 1. The summed E-state index contributed by atoms with van der Waals surface area (Å²) in [7, 11) is -3.66. The minimum atomic E-state index is -3.66. The molecule has 0 aromatic heterocycles. The van der Waals surface area contributed by atoms with Crippen LogP contribution in [0.5, 0.6) is 17.2 Å². The summed E-state index contributed by atoms with van der Waals surface area (Å²) in [4.78, 5) is 12.4. The van der Waals surface area contributed by atoms with Crippen molar-refractivity contribution < 1.29 is 22.7 Å². The molecule has 1 N–H and O–H groups in total. The summed E-state index contributed by atoms with van der Waals surface area (Å²) >= 11 is 0. The van der Waals surface area contributed by atoms with Gasteiger partial charge in [0.25, 0.3) is 0 Å². The van der Waals surface area contributed by atoms with Crippen molar-refractivity contribution >= 4 is 21.6 Å². The minimum Gasteiger partial charge on any atom is -0.491 e. The van der Waals surface area contributed by atoms with E-state index in [4.69, 9.17) is 9.47 Å². The van der Waals surface area contributed by atoms with Crippen molar-refractivity contribution in [3.05, 3.63) is 84.4 Å². The Morgan fingerprint density at radius 1 is 0.906 bits per heavy atom. The molecule has 32 heavy (non-hydrogen) atoms. The summed E-state index contributed by atoms with van der Waals surface area (Å²) in [6, 6.07) is 23.4. The van der Waals surface area contributed by atoms with Gasteiger partial charge in [0.05, 0.1) is 18.5 Å². The van der Waals surface area contributed by atoms with Gasteiger partial charge in [-0.2, -0.15) is 0 Å². The van der Waals surface area contributed by atoms with Crippen LogP contribution in [0.2, 0.25) is 0 Å². The first-order chi connectivity index (χ1) is 15.3. The maximum Gasteiger partial charge on any atom is 0.240 e. The molecule has 0 aliphatic carbocycles. The van der Waals surface area contributed by atoms with Crippen molar-refractivity contribution in [3.8, 4) is 17.2 Å². The van der Waals surface area contributed by atoms with Gasteiger partial charge >= 0.3 is 0 Å². The number of carbonyl (C=O) groups excluding carboxylic acids is 1. The van der Waals surface area contributed by atoms with Gasteiger partial charge in [0.15, 0.2) is 0 Å². The highest BCUT2D eigenvalue weighted by Crippen LogP contribution is 2.25. The van der Waals surface area contributed by atoms with E-state index in [1.165, 1.54) is 0 Å². The lowest BCUT2D eigenvalue weighted by Crippen LogP contribution is -2.41. The zero-order chi connectivity index (χ0) is 23.0. The fourth-order valence-corrected chi connectivity index (χ4v) is 3.82. The van der Waals surface area contributed by atoms with Crippen LogP contribution in [-0.4, -0.2) is 40.3 Å². The van der Waals surface area contributed by atoms with E-state index in [0.717, 1.165) is 21.9 Å². The Bertz CT molecular complexity index is 1130. The number of ether oxygens (including phenoxy) is 2. The summed E-state index contributed by atoms with van der Waals surface area (Å²) in [5.41, 5.74) is 1.38. The summed E-state index contributed by atoms with van der Waals surface area (Å²) in [5, 5.41) is 2.69. The first-order valence-electron chi connectivity index (χ1n) is 10.1. The molecule has 0 spiro atoms. The van der Waals surface area contributed by atoms with E-state index in [1.807, 2.05) is 61.5 Å². The van der Waals surface area contributed by atoms with E-state index < -0.39 is 15.9 Å². The van der Waals surface area contributed by atoms with Crippen molar-refractivity contribution in [1.29, 1.82) is 0 Å². The molecule has 0 aliphatic rings. The molecule has 0 unspecified atom stereocenters. The van der Waals surface area contributed by atoms with Crippen LogP contribution >= 0.6 is 0 Å². The first-order valence-corrected chi connectivity index (χ1v) is 11.9. The molecule has 8 heteroatoms. The van der Waals surface area contributed by atoms with Crippen LogP contribution in [-0.2, 0) is 14.8 Å². The van der Waals surface area contributed by atoms with Gasteiger partial charge in [-0.05, 0) is 55.0 Å². The average Bonchev–Trinajstić information content (AvgIpc) is 2.77. The van der Waals surface area contributed by atoms with Crippen LogP contribution in [0.1, 0.15) is 5.56 Å². The van der Waals surface area contributed by atoms with Gasteiger partial charge in [-0.1, -0.05) is 36.4 Å². The number of anilines is 1. The number of para-hydroxylation sites is 2. The number of hydrogen-bond acceptors (Lipinski definition) is 5. The van der Waals surface area contributed by atoms with Crippen molar-refractivity contribution in [2.75, 3.05) is 30.3 Å². The number of sulfonamides is 1. The molecule has 3 aromatic carbocycles. The molecular formula is C24H26N2O5S. The second-order valence-electron chi connectivity index (χ2n) is 7.14. The van der Waals surface area contributed by atoms with Crippen molar-refractivity contribution in [3.63, 3.8) is 0 Å². The van der Waals surface area contributed by atoms with Gasteiger partial charge < -0.3 is 14.8 Å². The molecule has 3 aromatic rings. The monoisotopic (exact) mass is 454 g/mol. The Balaban J connectivity index is 1.56. The van der Waals surface area contributed by atoms with Gasteiger partial charge in [0.1, 0.15) is 30.4 Å². The Labute approximate surface area is 188 Å². The van der Waals surface area contributed by atoms with E-state index in [-0.39, 0.29) is 19.7 Å². The number of rotatable bonds is 10. The smallest absolute Gasteiger partial charge is 0.240 e. The molecule has 7 nitrogen and oxygen atoms in total. The van der Waals surface area contributed by atoms with Crippen molar-refractivity contribution in [2.24, 2.45) is 0 Å². The third kappa shape index (κ3) is 6.75. The molecule has 0 bridgehead atoms. The summed E-state index contributed by atoms with van der Waals surface area (Å²) in [6.45, 7) is 2.14. The molecule has 0 saturated heterocycles. The molecule has 0 aliphatic heterocycles. The van der Waals surface area contributed by atoms with Crippen LogP contribution in [0.3, 0.4) is 0 Å². The van der Waals surface area contributed by atoms with Gasteiger partial charge in [0.2, 0.25) is 15.9 Å². The van der Waals surface area contributed by atoms with Crippen molar-refractivity contribution in [2.45, 2.75) is 6.92 Å². The Hall–Kier alpha value is -3.52. The number of nitrogens with zero attached hydrogens (tertiary/aromatic N) is 1. The zero-order valence-corrected chi connectivity index (χ0v) is 18.8. The zero-order valence-electron chi connectivity index (χ0n) is 18.0. The Kier molecular flexibility index (Phi) is 7.72. The van der Waals surface area contributed by atoms with Gasteiger partial charge in [-0.25, -0.2) is 8.42 Å². The highest BCUT2D eigenvalue weighted by molar-refractivity contribution is 7.92. The summed E-state index contributed by atoms with van der Waals surface area (Å²) < 4.78 is 37.0. The normalized spacial score (nSPS) is 10.9. The third-order valence-corrected chi connectivity index (χ3v) is 5.71. The highest BCUT2D eigenvalue weighted by Gasteiger charge is 2.20. The summed E-state index contributed by atoms with van der Waals surface area (Å²) in [6.07, 6.45) is 1.07. The Morgan fingerprint density at radius 2 is 1.53 bits per heavy atom. The molecular weight excluding hydrogens is 428 g/mol. The maximum absolute atomic E-state index is 12.4. The first kappa shape index (κ1) is 23.1. The molecule has 168 valence electrons. The minimum absolute atomic E-state index is 0.259. The van der Waals surface area contributed by atoms with Crippen LogP contribution in [0.15, 0.2) is 78.9 Å². The molecule has 0 heterocycles. The van der Waals surface area contributed by atoms with E-state index in [0.29, 0.717) is 17.2 Å². The second-order valence-corrected chi connectivity index (χ2v) is 9.05. The topological polar surface area (TPSA) is 84.9 Å². The van der Waals surface area contributed by atoms with Gasteiger partial charge in [-0.3, -0.25) is 9.10 Å². The predicted molar refractivity (Wildman–Crippen MR) is 125 cm³/mol.